The summed E-state index contributed by atoms with van der Waals surface area (Å²) in [6, 6.07) is 8.92. The number of hydrogen-bond acceptors (Lipinski definition) is 5. The highest BCUT2D eigenvalue weighted by molar-refractivity contribution is 7.89. The highest BCUT2D eigenvalue weighted by Crippen LogP contribution is 2.22. The highest BCUT2D eigenvalue weighted by Gasteiger charge is 2.28. The van der Waals surface area contributed by atoms with E-state index in [2.05, 4.69) is 10.0 Å². The Kier molecular flexibility index (Phi) is 4.89. The van der Waals surface area contributed by atoms with Crippen molar-refractivity contribution in [2.24, 2.45) is 0 Å². The molecule has 1 aliphatic rings. The third-order valence-corrected chi connectivity index (χ3v) is 6.19. The van der Waals surface area contributed by atoms with Crippen LogP contribution >= 0.6 is 11.3 Å². The van der Waals surface area contributed by atoms with E-state index in [1.165, 1.54) is 30.3 Å². The number of rotatable bonds is 7. The summed E-state index contributed by atoms with van der Waals surface area (Å²) in [5, 5.41) is 11.5. The molecule has 2 aromatic rings. The lowest BCUT2D eigenvalue weighted by Gasteiger charge is -2.08. The average Bonchev–Trinajstić information content (AvgIpc) is 3.24. The third-order valence-electron chi connectivity index (χ3n) is 3.60. The monoisotopic (exact) mass is 380 g/mol. The standard InChI is InChI=1S/C16H16N2O5S2/c19-15(17-9-12-6-7-14(24-12)16(20)21)10-2-1-3-13(8-10)25(22,23)18-11-4-5-11/h1-3,6-8,11,18H,4-5,9H2,(H,17,19)(H,20,21). The minimum Gasteiger partial charge on any atom is -0.477 e. The van der Waals surface area contributed by atoms with Crippen LogP contribution in [0.3, 0.4) is 0 Å². The highest BCUT2D eigenvalue weighted by atomic mass is 32.2. The Hall–Kier alpha value is -2.23. The van der Waals surface area contributed by atoms with Gasteiger partial charge in [0.2, 0.25) is 10.0 Å². The van der Waals surface area contributed by atoms with Crippen molar-refractivity contribution in [3.63, 3.8) is 0 Å². The number of nitrogens with one attached hydrogen (secondary N) is 2. The van der Waals surface area contributed by atoms with Gasteiger partial charge in [0, 0.05) is 16.5 Å². The summed E-state index contributed by atoms with van der Waals surface area (Å²) >= 11 is 1.08. The van der Waals surface area contributed by atoms with Gasteiger partial charge in [-0.05, 0) is 43.2 Å². The lowest BCUT2D eigenvalue weighted by atomic mass is 10.2. The van der Waals surface area contributed by atoms with E-state index in [1.807, 2.05) is 0 Å². The lowest BCUT2D eigenvalue weighted by molar-refractivity contribution is 0.0702. The number of carbonyl (C=O) groups excluding carboxylic acids is 1. The van der Waals surface area contributed by atoms with Crippen LogP contribution in [0, 0.1) is 0 Å². The molecule has 1 aromatic heterocycles. The molecule has 1 fully saturated rings. The first-order valence-electron chi connectivity index (χ1n) is 7.58. The van der Waals surface area contributed by atoms with Crippen molar-refractivity contribution in [3.8, 4) is 0 Å². The van der Waals surface area contributed by atoms with Crippen molar-refractivity contribution in [3.05, 3.63) is 51.7 Å². The molecule has 1 heterocycles. The molecule has 1 aliphatic carbocycles. The molecular formula is C16H16N2O5S2. The van der Waals surface area contributed by atoms with Crippen LogP contribution in [-0.4, -0.2) is 31.4 Å². The molecular weight excluding hydrogens is 364 g/mol. The number of hydrogen-bond donors (Lipinski definition) is 3. The predicted octanol–water partition coefficient (Wildman–Crippen LogP) is 1.82. The van der Waals surface area contributed by atoms with E-state index in [0.29, 0.717) is 4.88 Å². The minimum absolute atomic E-state index is 0.00950. The predicted molar refractivity (Wildman–Crippen MR) is 92.2 cm³/mol. The van der Waals surface area contributed by atoms with E-state index in [-0.39, 0.29) is 27.9 Å². The second-order valence-electron chi connectivity index (χ2n) is 5.68. The second kappa shape index (κ2) is 6.95. The fourth-order valence-corrected chi connectivity index (χ4v) is 4.29. The fraction of sp³-hybridized carbons (Fsp3) is 0.250. The first-order valence-corrected chi connectivity index (χ1v) is 9.88. The maximum Gasteiger partial charge on any atom is 0.345 e. The molecule has 132 valence electrons. The van der Waals surface area contributed by atoms with Gasteiger partial charge in [-0.3, -0.25) is 4.79 Å². The van der Waals surface area contributed by atoms with Crippen molar-refractivity contribution in [1.82, 2.24) is 10.0 Å². The normalized spacial score (nSPS) is 14.2. The molecule has 1 aromatic carbocycles. The minimum atomic E-state index is -3.62. The molecule has 0 atom stereocenters. The maximum absolute atomic E-state index is 12.2. The van der Waals surface area contributed by atoms with Crippen molar-refractivity contribution in [1.29, 1.82) is 0 Å². The zero-order valence-corrected chi connectivity index (χ0v) is 14.7. The Bertz CT molecular complexity index is 916. The third kappa shape index (κ3) is 4.44. The van der Waals surface area contributed by atoms with E-state index in [0.717, 1.165) is 24.2 Å². The van der Waals surface area contributed by atoms with E-state index in [1.54, 1.807) is 6.07 Å². The number of benzene rings is 1. The Morgan fingerprint density at radius 3 is 2.60 bits per heavy atom. The zero-order chi connectivity index (χ0) is 18.0. The van der Waals surface area contributed by atoms with Crippen molar-refractivity contribution >= 4 is 33.2 Å². The van der Waals surface area contributed by atoms with Gasteiger partial charge in [0.1, 0.15) is 4.88 Å². The van der Waals surface area contributed by atoms with Gasteiger partial charge in [-0.2, -0.15) is 0 Å². The summed E-state index contributed by atoms with van der Waals surface area (Å²) in [6.07, 6.45) is 1.66. The lowest BCUT2D eigenvalue weighted by Crippen LogP contribution is -2.26. The molecule has 1 amide bonds. The van der Waals surface area contributed by atoms with Crippen LogP contribution in [0.15, 0.2) is 41.3 Å². The van der Waals surface area contributed by atoms with Gasteiger partial charge < -0.3 is 10.4 Å². The van der Waals surface area contributed by atoms with Crippen molar-refractivity contribution < 1.29 is 23.1 Å². The molecule has 7 nitrogen and oxygen atoms in total. The van der Waals surface area contributed by atoms with Gasteiger partial charge in [0.15, 0.2) is 0 Å². The van der Waals surface area contributed by atoms with Crippen LogP contribution in [-0.2, 0) is 16.6 Å². The average molecular weight is 380 g/mol. The van der Waals surface area contributed by atoms with Gasteiger partial charge in [-0.25, -0.2) is 17.9 Å². The molecule has 0 saturated heterocycles. The SMILES string of the molecule is O=C(NCc1ccc(C(=O)O)s1)c1cccc(S(=O)(=O)NC2CC2)c1. The number of carboxylic acid groups (broad SMARTS) is 1. The molecule has 9 heteroatoms. The fourth-order valence-electron chi connectivity index (χ4n) is 2.15. The van der Waals surface area contributed by atoms with E-state index >= 15 is 0 Å². The summed E-state index contributed by atoms with van der Waals surface area (Å²) in [5.74, 6) is -1.43. The summed E-state index contributed by atoms with van der Waals surface area (Å²) < 4.78 is 27.0. The number of aromatic carboxylic acids is 1. The number of amides is 1. The Morgan fingerprint density at radius 2 is 1.96 bits per heavy atom. The van der Waals surface area contributed by atoms with Crippen LogP contribution in [0.2, 0.25) is 0 Å². The molecule has 3 N–H and O–H groups in total. The van der Waals surface area contributed by atoms with Gasteiger partial charge in [0.05, 0.1) is 11.4 Å². The van der Waals surface area contributed by atoms with Gasteiger partial charge in [-0.1, -0.05) is 6.07 Å². The summed E-state index contributed by atoms with van der Waals surface area (Å²) in [4.78, 5) is 24.0. The first-order chi connectivity index (χ1) is 11.8. The number of carboxylic acids is 1. The van der Waals surface area contributed by atoms with Crippen molar-refractivity contribution in [2.75, 3.05) is 0 Å². The smallest absolute Gasteiger partial charge is 0.345 e. The van der Waals surface area contributed by atoms with Crippen LogP contribution in [0.4, 0.5) is 0 Å². The van der Waals surface area contributed by atoms with Crippen molar-refractivity contribution in [2.45, 2.75) is 30.3 Å². The van der Waals surface area contributed by atoms with Crippen LogP contribution in [0.25, 0.3) is 0 Å². The van der Waals surface area contributed by atoms with Crippen LogP contribution in [0.1, 0.15) is 37.7 Å². The number of thiophene rings is 1. The first kappa shape index (κ1) is 17.6. The van der Waals surface area contributed by atoms with Gasteiger partial charge in [-0.15, -0.1) is 11.3 Å². The second-order valence-corrected chi connectivity index (χ2v) is 8.56. The molecule has 0 spiro atoms. The molecule has 0 unspecified atom stereocenters. The molecule has 0 radical (unpaired) electrons. The summed E-state index contributed by atoms with van der Waals surface area (Å²) in [5.41, 5.74) is 0.230. The molecule has 25 heavy (non-hydrogen) atoms. The van der Waals surface area contributed by atoms with E-state index in [9.17, 15) is 18.0 Å². The Balaban J connectivity index is 1.67. The quantitative estimate of drug-likeness (QED) is 0.678. The van der Waals surface area contributed by atoms with E-state index in [4.69, 9.17) is 5.11 Å². The van der Waals surface area contributed by atoms with Crippen LogP contribution in [0.5, 0.6) is 0 Å². The largest absolute Gasteiger partial charge is 0.477 e. The topological polar surface area (TPSA) is 113 Å². The number of sulfonamides is 1. The number of carbonyl (C=O) groups is 2. The molecule has 0 aliphatic heterocycles. The van der Waals surface area contributed by atoms with Crippen LogP contribution < -0.4 is 10.0 Å². The maximum atomic E-state index is 12.2. The van der Waals surface area contributed by atoms with E-state index < -0.39 is 21.9 Å². The Morgan fingerprint density at radius 1 is 1.20 bits per heavy atom. The summed E-state index contributed by atoms with van der Waals surface area (Å²) in [7, 11) is -3.62. The van der Waals surface area contributed by atoms with Gasteiger partial charge in [0.25, 0.3) is 5.91 Å². The molecule has 0 bridgehead atoms. The molecule has 1 saturated carbocycles. The summed E-state index contributed by atoms with van der Waals surface area (Å²) in [6.45, 7) is 0.175. The molecule has 3 rings (SSSR count). The van der Waals surface area contributed by atoms with Gasteiger partial charge >= 0.3 is 5.97 Å². The Labute approximate surface area is 148 Å². The zero-order valence-electron chi connectivity index (χ0n) is 13.1.